The lowest BCUT2D eigenvalue weighted by molar-refractivity contribution is 0.0303. The molecule has 0 spiro atoms. The van der Waals surface area contributed by atoms with E-state index in [0.717, 1.165) is 41.4 Å². The highest BCUT2D eigenvalue weighted by Crippen LogP contribution is 2.23. The number of amides is 2. The van der Waals surface area contributed by atoms with E-state index in [0.29, 0.717) is 44.4 Å². The minimum atomic E-state index is 0.0371. The summed E-state index contributed by atoms with van der Waals surface area (Å²) in [5, 5.41) is 0. The summed E-state index contributed by atoms with van der Waals surface area (Å²) in [4.78, 5) is 31.0. The molecule has 2 aromatic rings. The number of likely N-dealkylation sites (tertiary alicyclic amines) is 1. The van der Waals surface area contributed by atoms with Gasteiger partial charge in [0, 0.05) is 42.5 Å². The monoisotopic (exact) mass is 428 g/mol. The average Bonchev–Trinajstić information content (AvgIpc) is 3.24. The Morgan fingerprint density at radius 1 is 1.03 bits per heavy atom. The Kier molecular flexibility index (Phi) is 6.69. The third-order valence-corrected chi connectivity index (χ3v) is 6.63. The number of nitrogens with zero attached hydrogens (tertiary/aromatic N) is 2. The number of benzene rings is 1. The van der Waals surface area contributed by atoms with Gasteiger partial charge in [0.2, 0.25) is 0 Å². The number of piperidine rings is 1. The van der Waals surface area contributed by atoms with Crippen LogP contribution in [0.1, 0.15) is 37.7 Å². The highest BCUT2D eigenvalue weighted by molar-refractivity contribution is 7.13. The Hall–Kier alpha value is -2.38. The molecule has 2 aliphatic rings. The largest absolute Gasteiger partial charge is 0.493 e. The fourth-order valence-electron chi connectivity index (χ4n) is 3.95. The standard InChI is InChI=1S/C23H28N2O4S/c1-17-4-9-21(30-17)23(27)25-10-2-3-18(15-25)16-29-20-7-5-19(6-8-20)22(26)24-11-13-28-14-12-24/h4-9,18H,2-3,10-16H2,1H3. The summed E-state index contributed by atoms with van der Waals surface area (Å²) in [6, 6.07) is 11.3. The zero-order chi connectivity index (χ0) is 20.9. The van der Waals surface area contributed by atoms with E-state index in [9.17, 15) is 9.59 Å². The summed E-state index contributed by atoms with van der Waals surface area (Å²) >= 11 is 1.55. The molecule has 2 amide bonds. The summed E-state index contributed by atoms with van der Waals surface area (Å²) in [5.41, 5.74) is 0.671. The Bertz CT molecular complexity index is 874. The molecule has 0 radical (unpaired) electrons. The highest BCUT2D eigenvalue weighted by atomic mass is 32.1. The SMILES string of the molecule is Cc1ccc(C(=O)N2CCCC(COc3ccc(C(=O)N4CCOCC4)cc3)C2)s1. The van der Waals surface area contributed by atoms with E-state index < -0.39 is 0 Å². The van der Waals surface area contributed by atoms with Crippen LogP contribution in [-0.4, -0.2) is 67.6 Å². The van der Waals surface area contributed by atoms with Gasteiger partial charge in [0.25, 0.3) is 11.8 Å². The summed E-state index contributed by atoms with van der Waals surface area (Å²) < 4.78 is 11.3. The summed E-state index contributed by atoms with van der Waals surface area (Å²) in [6.45, 7) is 6.60. The smallest absolute Gasteiger partial charge is 0.263 e. The highest BCUT2D eigenvalue weighted by Gasteiger charge is 2.26. The molecule has 1 aromatic heterocycles. The number of carbonyl (C=O) groups is 2. The molecule has 0 bridgehead atoms. The first-order chi connectivity index (χ1) is 14.6. The number of morpholine rings is 1. The van der Waals surface area contributed by atoms with E-state index in [2.05, 4.69) is 0 Å². The van der Waals surface area contributed by atoms with Gasteiger partial charge in [-0.15, -0.1) is 11.3 Å². The fraction of sp³-hybridized carbons (Fsp3) is 0.478. The predicted molar refractivity (Wildman–Crippen MR) is 116 cm³/mol. The predicted octanol–water partition coefficient (Wildman–Crippen LogP) is 3.46. The van der Waals surface area contributed by atoms with Crippen LogP contribution in [0.5, 0.6) is 5.75 Å². The molecule has 0 saturated carbocycles. The summed E-state index contributed by atoms with van der Waals surface area (Å²) in [7, 11) is 0. The first kappa shape index (κ1) is 20.9. The quantitative estimate of drug-likeness (QED) is 0.732. The molecule has 4 rings (SSSR count). The van der Waals surface area contributed by atoms with Crippen LogP contribution >= 0.6 is 11.3 Å². The van der Waals surface area contributed by atoms with Gasteiger partial charge in [0.05, 0.1) is 24.7 Å². The molecule has 2 fully saturated rings. The maximum Gasteiger partial charge on any atom is 0.263 e. The first-order valence-corrected chi connectivity index (χ1v) is 11.4. The lowest BCUT2D eigenvalue weighted by Crippen LogP contribution is -2.41. The molecule has 1 atom stereocenters. The lowest BCUT2D eigenvalue weighted by atomic mass is 9.99. The molecule has 160 valence electrons. The summed E-state index contributed by atoms with van der Waals surface area (Å²) in [6.07, 6.45) is 2.05. The topological polar surface area (TPSA) is 59.1 Å². The van der Waals surface area contributed by atoms with Crippen molar-refractivity contribution in [2.75, 3.05) is 46.0 Å². The van der Waals surface area contributed by atoms with Gasteiger partial charge in [0.1, 0.15) is 5.75 Å². The van der Waals surface area contributed by atoms with Crippen LogP contribution in [0.15, 0.2) is 36.4 Å². The maximum absolute atomic E-state index is 12.7. The number of thiophene rings is 1. The molecule has 2 saturated heterocycles. The van der Waals surface area contributed by atoms with Crippen molar-refractivity contribution in [3.8, 4) is 5.75 Å². The number of carbonyl (C=O) groups excluding carboxylic acids is 2. The van der Waals surface area contributed by atoms with E-state index in [1.165, 1.54) is 0 Å². The van der Waals surface area contributed by atoms with Crippen molar-refractivity contribution in [2.45, 2.75) is 19.8 Å². The lowest BCUT2D eigenvalue weighted by Gasteiger charge is -2.32. The number of ether oxygens (including phenoxy) is 2. The number of aryl methyl sites for hydroxylation is 1. The van der Waals surface area contributed by atoms with Crippen LogP contribution in [0, 0.1) is 12.8 Å². The van der Waals surface area contributed by atoms with Gasteiger partial charge >= 0.3 is 0 Å². The van der Waals surface area contributed by atoms with Gasteiger partial charge in [-0.2, -0.15) is 0 Å². The van der Waals surface area contributed by atoms with Crippen molar-refractivity contribution in [3.63, 3.8) is 0 Å². The molecule has 0 N–H and O–H groups in total. The molecule has 6 nitrogen and oxygen atoms in total. The van der Waals surface area contributed by atoms with E-state index in [4.69, 9.17) is 9.47 Å². The molecule has 2 aliphatic heterocycles. The summed E-state index contributed by atoms with van der Waals surface area (Å²) in [5.74, 6) is 1.24. The second kappa shape index (κ2) is 9.62. The second-order valence-electron chi connectivity index (χ2n) is 7.91. The van der Waals surface area contributed by atoms with Gasteiger partial charge in [0.15, 0.2) is 0 Å². The first-order valence-electron chi connectivity index (χ1n) is 10.6. The van der Waals surface area contributed by atoms with Crippen molar-refractivity contribution in [2.24, 2.45) is 5.92 Å². The van der Waals surface area contributed by atoms with Crippen LogP contribution < -0.4 is 4.74 Å². The van der Waals surface area contributed by atoms with Crippen LogP contribution in [0.4, 0.5) is 0 Å². The van der Waals surface area contributed by atoms with Gasteiger partial charge in [-0.1, -0.05) is 0 Å². The van der Waals surface area contributed by atoms with E-state index in [1.54, 1.807) is 11.3 Å². The van der Waals surface area contributed by atoms with Crippen molar-refractivity contribution in [3.05, 3.63) is 51.7 Å². The molecule has 3 heterocycles. The fourth-order valence-corrected chi connectivity index (χ4v) is 4.78. The molecule has 1 unspecified atom stereocenters. The molecular formula is C23H28N2O4S. The number of hydrogen-bond donors (Lipinski definition) is 0. The zero-order valence-electron chi connectivity index (χ0n) is 17.3. The van der Waals surface area contributed by atoms with E-state index in [-0.39, 0.29) is 11.8 Å². The Morgan fingerprint density at radius 2 is 1.80 bits per heavy atom. The number of hydrogen-bond acceptors (Lipinski definition) is 5. The molecular weight excluding hydrogens is 400 g/mol. The van der Waals surface area contributed by atoms with Crippen LogP contribution in [0.25, 0.3) is 0 Å². The van der Waals surface area contributed by atoms with Crippen molar-refractivity contribution in [1.29, 1.82) is 0 Å². The van der Waals surface area contributed by atoms with E-state index >= 15 is 0 Å². The van der Waals surface area contributed by atoms with E-state index in [1.807, 2.05) is 53.1 Å². The Morgan fingerprint density at radius 3 is 2.50 bits per heavy atom. The minimum absolute atomic E-state index is 0.0371. The van der Waals surface area contributed by atoms with Gasteiger partial charge in [-0.05, 0) is 56.2 Å². The Balaban J connectivity index is 1.28. The van der Waals surface area contributed by atoms with Crippen molar-refractivity contribution >= 4 is 23.2 Å². The van der Waals surface area contributed by atoms with Crippen molar-refractivity contribution < 1.29 is 19.1 Å². The van der Waals surface area contributed by atoms with Crippen LogP contribution in [-0.2, 0) is 4.74 Å². The number of rotatable bonds is 5. The molecule has 30 heavy (non-hydrogen) atoms. The zero-order valence-corrected chi connectivity index (χ0v) is 18.2. The minimum Gasteiger partial charge on any atom is -0.493 e. The van der Waals surface area contributed by atoms with Crippen LogP contribution in [0.3, 0.4) is 0 Å². The maximum atomic E-state index is 12.7. The third kappa shape index (κ3) is 5.02. The molecule has 1 aromatic carbocycles. The second-order valence-corrected chi connectivity index (χ2v) is 9.20. The van der Waals surface area contributed by atoms with Gasteiger partial charge in [-0.25, -0.2) is 0 Å². The third-order valence-electron chi connectivity index (χ3n) is 5.64. The average molecular weight is 429 g/mol. The molecule has 0 aliphatic carbocycles. The van der Waals surface area contributed by atoms with Crippen LogP contribution in [0.2, 0.25) is 0 Å². The van der Waals surface area contributed by atoms with Gasteiger partial charge in [-0.3, -0.25) is 9.59 Å². The Labute approximate surface area is 181 Å². The normalized spacial score (nSPS) is 19.6. The molecule has 7 heteroatoms. The van der Waals surface area contributed by atoms with Gasteiger partial charge < -0.3 is 19.3 Å². The van der Waals surface area contributed by atoms with Crippen molar-refractivity contribution in [1.82, 2.24) is 9.80 Å².